The van der Waals surface area contributed by atoms with Crippen LogP contribution in [0.2, 0.25) is 0 Å². The van der Waals surface area contributed by atoms with Crippen molar-refractivity contribution in [3.8, 4) is 16.9 Å². The lowest BCUT2D eigenvalue weighted by atomic mass is 10.1. The van der Waals surface area contributed by atoms with Gasteiger partial charge in [0.2, 0.25) is 0 Å². The molecule has 0 aliphatic heterocycles. The second-order valence-electron chi connectivity index (χ2n) is 4.97. The van der Waals surface area contributed by atoms with Crippen molar-refractivity contribution in [1.82, 2.24) is 9.78 Å². The van der Waals surface area contributed by atoms with Gasteiger partial charge >= 0.3 is 0 Å². The molecule has 0 aliphatic rings. The Hall–Kier alpha value is -2.55. The highest BCUT2D eigenvalue weighted by atomic mass is 15.3. The highest BCUT2D eigenvalue weighted by Gasteiger charge is 2.12. The van der Waals surface area contributed by atoms with Crippen LogP contribution in [-0.4, -0.2) is 9.78 Å². The van der Waals surface area contributed by atoms with Crippen LogP contribution in [-0.2, 0) is 0 Å². The van der Waals surface area contributed by atoms with E-state index in [1.807, 2.05) is 47.1 Å². The van der Waals surface area contributed by atoms with Crippen LogP contribution in [0.1, 0.15) is 11.1 Å². The van der Waals surface area contributed by atoms with Crippen molar-refractivity contribution in [1.29, 1.82) is 0 Å². The summed E-state index contributed by atoms with van der Waals surface area (Å²) in [6.07, 6.45) is 0. The number of nitrogens with zero attached hydrogens (tertiary/aromatic N) is 2. The quantitative estimate of drug-likeness (QED) is 0.765. The molecule has 0 saturated carbocycles. The topological polar surface area (TPSA) is 43.8 Å². The normalized spacial score (nSPS) is 10.7. The van der Waals surface area contributed by atoms with E-state index in [2.05, 4.69) is 31.1 Å². The highest BCUT2D eigenvalue weighted by molar-refractivity contribution is 5.64. The number of aromatic nitrogens is 2. The fourth-order valence-electron chi connectivity index (χ4n) is 2.46. The molecule has 0 bridgehead atoms. The highest BCUT2D eigenvalue weighted by Crippen LogP contribution is 2.26. The van der Waals surface area contributed by atoms with Crippen molar-refractivity contribution in [2.45, 2.75) is 13.8 Å². The zero-order chi connectivity index (χ0) is 14.1. The second-order valence-corrected chi connectivity index (χ2v) is 4.97. The van der Waals surface area contributed by atoms with Crippen molar-refractivity contribution in [2.24, 2.45) is 0 Å². The van der Waals surface area contributed by atoms with Crippen LogP contribution >= 0.6 is 0 Å². The number of benzene rings is 2. The minimum Gasteiger partial charge on any atom is -0.384 e. The molecule has 0 radical (unpaired) electrons. The molecule has 3 rings (SSSR count). The van der Waals surface area contributed by atoms with Gasteiger partial charge in [0, 0.05) is 11.6 Å². The van der Waals surface area contributed by atoms with Gasteiger partial charge in [0.25, 0.3) is 0 Å². The Morgan fingerprint density at radius 3 is 2.20 bits per heavy atom. The van der Waals surface area contributed by atoms with Gasteiger partial charge in [-0.25, -0.2) is 4.68 Å². The lowest BCUT2D eigenvalue weighted by Crippen LogP contribution is -2.05. The monoisotopic (exact) mass is 263 g/mol. The fourth-order valence-corrected chi connectivity index (χ4v) is 2.46. The summed E-state index contributed by atoms with van der Waals surface area (Å²) in [6.45, 7) is 4.15. The van der Waals surface area contributed by atoms with Crippen molar-refractivity contribution in [3.63, 3.8) is 0 Å². The number of rotatable bonds is 2. The SMILES string of the molecule is Cc1cccc(C)c1-n1nc(-c2ccccc2)cc1N. The van der Waals surface area contributed by atoms with E-state index in [0.717, 1.165) is 16.9 Å². The Bertz CT molecular complexity index is 722. The van der Waals surface area contributed by atoms with E-state index in [1.165, 1.54) is 11.1 Å². The van der Waals surface area contributed by atoms with Gasteiger partial charge in [0.1, 0.15) is 5.82 Å². The molecule has 20 heavy (non-hydrogen) atoms. The Morgan fingerprint density at radius 1 is 0.900 bits per heavy atom. The first kappa shape index (κ1) is 12.5. The number of nitrogens with two attached hydrogens (primary N) is 1. The Labute approximate surface area is 118 Å². The van der Waals surface area contributed by atoms with E-state index in [9.17, 15) is 0 Å². The molecular weight excluding hydrogens is 246 g/mol. The van der Waals surface area contributed by atoms with Crippen LogP contribution in [0.5, 0.6) is 0 Å². The largest absolute Gasteiger partial charge is 0.384 e. The lowest BCUT2D eigenvalue weighted by Gasteiger charge is -2.10. The zero-order valence-electron chi connectivity index (χ0n) is 11.7. The summed E-state index contributed by atoms with van der Waals surface area (Å²) < 4.78 is 1.83. The number of nitrogen functional groups attached to an aromatic ring is 1. The van der Waals surface area contributed by atoms with Crippen LogP contribution < -0.4 is 5.73 Å². The standard InChI is InChI=1S/C17H17N3/c1-12-7-6-8-13(2)17(12)20-16(18)11-15(19-20)14-9-4-3-5-10-14/h3-11H,18H2,1-2H3. The van der Waals surface area contributed by atoms with E-state index < -0.39 is 0 Å². The third kappa shape index (κ3) is 2.07. The molecule has 3 aromatic rings. The fraction of sp³-hybridized carbons (Fsp3) is 0.118. The second kappa shape index (κ2) is 4.85. The molecule has 0 saturated heterocycles. The van der Waals surface area contributed by atoms with Gasteiger partial charge in [-0.15, -0.1) is 0 Å². The first-order valence-corrected chi connectivity index (χ1v) is 6.64. The first-order chi connectivity index (χ1) is 9.66. The van der Waals surface area contributed by atoms with Gasteiger partial charge in [0.15, 0.2) is 0 Å². The minimum absolute atomic E-state index is 0.654. The van der Waals surface area contributed by atoms with Gasteiger partial charge in [-0.2, -0.15) is 5.10 Å². The van der Waals surface area contributed by atoms with E-state index >= 15 is 0 Å². The summed E-state index contributed by atoms with van der Waals surface area (Å²) in [7, 11) is 0. The molecule has 0 atom stereocenters. The molecule has 3 heteroatoms. The summed E-state index contributed by atoms with van der Waals surface area (Å²) in [5, 5.41) is 4.66. The molecule has 0 unspecified atom stereocenters. The van der Waals surface area contributed by atoms with Gasteiger partial charge in [-0.05, 0) is 25.0 Å². The molecular formula is C17H17N3. The maximum absolute atomic E-state index is 6.15. The molecule has 0 amide bonds. The summed E-state index contributed by atoms with van der Waals surface area (Å²) >= 11 is 0. The number of anilines is 1. The van der Waals surface area contributed by atoms with Crippen molar-refractivity contribution in [3.05, 3.63) is 65.7 Å². The average Bonchev–Trinajstić information content (AvgIpc) is 2.82. The lowest BCUT2D eigenvalue weighted by molar-refractivity contribution is 0.879. The van der Waals surface area contributed by atoms with Gasteiger partial charge in [-0.1, -0.05) is 48.5 Å². The van der Waals surface area contributed by atoms with Gasteiger partial charge in [-0.3, -0.25) is 0 Å². The van der Waals surface area contributed by atoms with Crippen LogP contribution in [0.25, 0.3) is 16.9 Å². The summed E-state index contributed by atoms with van der Waals surface area (Å²) in [5.74, 6) is 0.654. The van der Waals surface area contributed by atoms with E-state index in [4.69, 9.17) is 5.73 Å². The number of hydrogen-bond acceptors (Lipinski definition) is 2. The summed E-state index contributed by atoms with van der Waals surface area (Å²) in [6, 6.07) is 18.2. The van der Waals surface area contributed by atoms with Crippen LogP contribution in [0.3, 0.4) is 0 Å². The van der Waals surface area contributed by atoms with Crippen LogP contribution in [0.4, 0.5) is 5.82 Å². The van der Waals surface area contributed by atoms with Crippen molar-refractivity contribution >= 4 is 5.82 Å². The maximum Gasteiger partial charge on any atom is 0.127 e. The average molecular weight is 263 g/mol. The van der Waals surface area contributed by atoms with E-state index in [0.29, 0.717) is 5.82 Å². The Balaban J connectivity index is 2.15. The molecule has 1 aromatic heterocycles. The van der Waals surface area contributed by atoms with Gasteiger partial charge in [0.05, 0.1) is 11.4 Å². The van der Waals surface area contributed by atoms with E-state index in [1.54, 1.807) is 0 Å². The Morgan fingerprint density at radius 2 is 1.55 bits per heavy atom. The molecule has 0 spiro atoms. The summed E-state index contributed by atoms with van der Waals surface area (Å²) in [4.78, 5) is 0. The Kier molecular flexibility index (Phi) is 3.03. The number of aryl methyl sites for hydroxylation is 2. The molecule has 2 aromatic carbocycles. The smallest absolute Gasteiger partial charge is 0.127 e. The van der Waals surface area contributed by atoms with E-state index in [-0.39, 0.29) is 0 Å². The third-order valence-electron chi connectivity index (χ3n) is 3.46. The molecule has 100 valence electrons. The van der Waals surface area contributed by atoms with Gasteiger partial charge < -0.3 is 5.73 Å². The first-order valence-electron chi connectivity index (χ1n) is 6.64. The summed E-state index contributed by atoms with van der Waals surface area (Å²) in [5.41, 5.74) is 11.5. The molecule has 0 fully saturated rings. The molecule has 3 nitrogen and oxygen atoms in total. The molecule has 1 heterocycles. The predicted octanol–water partition coefficient (Wildman–Crippen LogP) is 3.74. The minimum atomic E-state index is 0.654. The van der Waals surface area contributed by atoms with Crippen molar-refractivity contribution < 1.29 is 0 Å². The third-order valence-corrected chi connectivity index (χ3v) is 3.46. The maximum atomic E-state index is 6.15. The van der Waals surface area contributed by atoms with Crippen LogP contribution in [0, 0.1) is 13.8 Å². The van der Waals surface area contributed by atoms with Crippen molar-refractivity contribution in [2.75, 3.05) is 5.73 Å². The number of hydrogen-bond donors (Lipinski definition) is 1. The van der Waals surface area contributed by atoms with Crippen LogP contribution in [0.15, 0.2) is 54.6 Å². The molecule has 0 aliphatic carbocycles. The number of para-hydroxylation sites is 1. The molecule has 2 N–H and O–H groups in total. The predicted molar refractivity (Wildman–Crippen MR) is 82.9 cm³/mol. The zero-order valence-corrected chi connectivity index (χ0v) is 11.7.